The highest BCUT2D eigenvalue weighted by Gasteiger charge is 2.04. The predicted molar refractivity (Wildman–Crippen MR) is 151 cm³/mol. The fourth-order valence-electron chi connectivity index (χ4n) is 4.47. The molecule has 0 fully saturated rings. The van der Waals surface area contributed by atoms with E-state index in [1.54, 1.807) is 11.3 Å². The molecule has 1 rings (SSSR count). The van der Waals surface area contributed by atoms with Crippen molar-refractivity contribution in [1.29, 1.82) is 0 Å². The van der Waals surface area contributed by atoms with Gasteiger partial charge in [-0.3, -0.25) is 0 Å². The molecule has 0 spiro atoms. The van der Waals surface area contributed by atoms with E-state index in [0.717, 1.165) is 0 Å². The Morgan fingerprint density at radius 1 is 0.516 bits per heavy atom. The van der Waals surface area contributed by atoms with Crippen LogP contribution in [-0.4, -0.2) is 0 Å². The van der Waals surface area contributed by atoms with Crippen LogP contribution in [0.1, 0.15) is 154 Å². The second-order valence-corrected chi connectivity index (χ2v) is 13.3. The Kier molecular flexibility index (Phi) is 21.5. The largest absolute Gasteiger partial charge is 0.121 e. The summed E-state index contributed by atoms with van der Waals surface area (Å²) in [7, 11) is 0. The standard InChI is InChI=1S/C28H50Br2S/c1-2-3-4-5-6-7-8-9-10-11-12-13-14-15-16-17-18-19-20-21-22-23-24-26-25-27(29)31-28(26)30/h25H,2-24H2,1H3. The van der Waals surface area contributed by atoms with Gasteiger partial charge in [0, 0.05) is 0 Å². The second kappa shape index (κ2) is 22.5. The second-order valence-electron chi connectivity index (χ2n) is 9.52. The molecule has 0 unspecified atom stereocenters. The molecule has 0 N–H and O–H groups in total. The SMILES string of the molecule is CCCCCCCCCCCCCCCCCCCCCCCCc1cc(Br)sc1Br. The first-order valence-electron chi connectivity index (χ1n) is 13.7. The van der Waals surface area contributed by atoms with Gasteiger partial charge in [-0.15, -0.1) is 11.3 Å². The molecule has 0 radical (unpaired) electrons. The molecule has 0 bridgehead atoms. The summed E-state index contributed by atoms with van der Waals surface area (Å²) in [6.45, 7) is 2.30. The zero-order valence-electron chi connectivity index (χ0n) is 20.5. The first-order chi connectivity index (χ1) is 15.2. The van der Waals surface area contributed by atoms with Crippen LogP contribution in [0.5, 0.6) is 0 Å². The number of thiophene rings is 1. The Morgan fingerprint density at radius 3 is 1.13 bits per heavy atom. The first-order valence-corrected chi connectivity index (χ1v) is 16.1. The highest BCUT2D eigenvalue weighted by Crippen LogP contribution is 2.32. The fourth-order valence-corrected chi connectivity index (χ4v) is 7.38. The number of aryl methyl sites for hydroxylation is 1. The van der Waals surface area contributed by atoms with Gasteiger partial charge in [0.05, 0.1) is 7.57 Å². The van der Waals surface area contributed by atoms with E-state index in [1.807, 2.05) is 0 Å². The van der Waals surface area contributed by atoms with Crippen LogP contribution >= 0.6 is 43.2 Å². The maximum atomic E-state index is 3.67. The summed E-state index contributed by atoms with van der Waals surface area (Å²) >= 11 is 9.03. The predicted octanol–water partition coefficient (Wildman–Crippen LogP) is 12.4. The van der Waals surface area contributed by atoms with E-state index in [1.165, 1.54) is 161 Å². The van der Waals surface area contributed by atoms with Crippen molar-refractivity contribution in [2.45, 2.75) is 155 Å². The molecule has 1 aromatic rings. The number of hydrogen-bond acceptors (Lipinski definition) is 1. The molecular weight excluding hydrogens is 528 g/mol. The average Bonchev–Trinajstić information content (AvgIpc) is 3.08. The van der Waals surface area contributed by atoms with Gasteiger partial charge in [0.2, 0.25) is 0 Å². The lowest BCUT2D eigenvalue weighted by Gasteiger charge is -2.04. The first kappa shape index (κ1) is 29.7. The van der Waals surface area contributed by atoms with Crippen LogP contribution in [-0.2, 0) is 6.42 Å². The number of halogens is 2. The lowest BCUT2D eigenvalue weighted by atomic mass is 10.0. The zero-order chi connectivity index (χ0) is 22.4. The quantitative estimate of drug-likeness (QED) is 0.113. The molecule has 1 aromatic heterocycles. The minimum Gasteiger partial charge on any atom is -0.121 e. The molecule has 182 valence electrons. The highest BCUT2D eigenvalue weighted by atomic mass is 79.9. The maximum Gasteiger partial charge on any atom is 0.0742 e. The smallest absolute Gasteiger partial charge is 0.0742 e. The van der Waals surface area contributed by atoms with Crippen LogP contribution in [0.15, 0.2) is 13.6 Å². The van der Waals surface area contributed by atoms with Crippen LogP contribution < -0.4 is 0 Å². The van der Waals surface area contributed by atoms with E-state index in [0.29, 0.717) is 0 Å². The van der Waals surface area contributed by atoms with E-state index in [4.69, 9.17) is 0 Å². The topological polar surface area (TPSA) is 0 Å². The molecule has 0 amide bonds. The van der Waals surface area contributed by atoms with E-state index < -0.39 is 0 Å². The Bertz CT molecular complexity index is 497. The van der Waals surface area contributed by atoms with Crippen molar-refractivity contribution in [1.82, 2.24) is 0 Å². The van der Waals surface area contributed by atoms with Crippen molar-refractivity contribution in [2.75, 3.05) is 0 Å². The monoisotopic (exact) mass is 576 g/mol. The van der Waals surface area contributed by atoms with Crippen LogP contribution in [0.25, 0.3) is 0 Å². The van der Waals surface area contributed by atoms with Crippen LogP contribution in [0.2, 0.25) is 0 Å². The van der Waals surface area contributed by atoms with Gasteiger partial charge in [0.25, 0.3) is 0 Å². The number of rotatable bonds is 23. The van der Waals surface area contributed by atoms with Gasteiger partial charge in [-0.2, -0.15) is 0 Å². The minimum absolute atomic E-state index is 1.22. The highest BCUT2D eigenvalue weighted by molar-refractivity contribution is 9.12. The molecule has 0 atom stereocenters. The molecule has 0 aliphatic rings. The molecular formula is C28H50Br2S. The van der Waals surface area contributed by atoms with Crippen molar-refractivity contribution in [3.05, 3.63) is 19.2 Å². The maximum absolute atomic E-state index is 3.67. The molecule has 0 saturated carbocycles. The van der Waals surface area contributed by atoms with Crippen LogP contribution in [0.4, 0.5) is 0 Å². The lowest BCUT2D eigenvalue weighted by Crippen LogP contribution is -1.86. The summed E-state index contributed by atoms with van der Waals surface area (Å²) in [6, 6.07) is 2.27. The molecule has 0 aliphatic heterocycles. The summed E-state index contributed by atoms with van der Waals surface area (Å²) in [5.41, 5.74) is 1.48. The van der Waals surface area contributed by atoms with Crippen LogP contribution in [0, 0.1) is 0 Å². The van der Waals surface area contributed by atoms with Gasteiger partial charge in [0.1, 0.15) is 0 Å². The van der Waals surface area contributed by atoms with Gasteiger partial charge in [0.15, 0.2) is 0 Å². The minimum atomic E-state index is 1.22. The van der Waals surface area contributed by atoms with Gasteiger partial charge < -0.3 is 0 Å². The normalized spacial score (nSPS) is 11.5. The summed E-state index contributed by atoms with van der Waals surface area (Å²) in [4.78, 5) is 0. The van der Waals surface area contributed by atoms with E-state index in [9.17, 15) is 0 Å². The summed E-state index contributed by atoms with van der Waals surface area (Å²) in [5, 5.41) is 0. The Morgan fingerprint density at radius 2 is 0.839 bits per heavy atom. The number of unbranched alkanes of at least 4 members (excludes halogenated alkanes) is 21. The Labute approximate surface area is 216 Å². The van der Waals surface area contributed by atoms with Gasteiger partial charge in [-0.1, -0.05) is 142 Å². The fraction of sp³-hybridized carbons (Fsp3) is 0.857. The van der Waals surface area contributed by atoms with Crippen molar-refractivity contribution >= 4 is 43.2 Å². The van der Waals surface area contributed by atoms with Gasteiger partial charge in [-0.25, -0.2) is 0 Å². The Balaban J connectivity index is 1.69. The van der Waals surface area contributed by atoms with E-state index >= 15 is 0 Å². The third-order valence-electron chi connectivity index (χ3n) is 6.53. The summed E-state index contributed by atoms with van der Waals surface area (Å²) in [6.07, 6.45) is 33.2. The van der Waals surface area contributed by atoms with Crippen molar-refractivity contribution in [2.24, 2.45) is 0 Å². The zero-order valence-corrected chi connectivity index (χ0v) is 24.5. The summed E-state index contributed by atoms with van der Waals surface area (Å²) in [5.74, 6) is 0. The van der Waals surface area contributed by atoms with E-state index in [-0.39, 0.29) is 0 Å². The molecule has 1 heterocycles. The van der Waals surface area contributed by atoms with Crippen molar-refractivity contribution in [3.63, 3.8) is 0 Å². The number of hydrogen-bond donors (Lipinski definition) is 0. The van der Waals surface area contributed by atoms with E-state index in [2.05, 4.69) is 44.8 Å². The molecule has 0 saturated heterocycles. The lowest BCUT2D eigenvalue weighted by molar-refractivity contribution is 0.519. The van der Waals surface area contributed by atoms with Crippen LogP contribution in [0.3, 0.4) is 0 Å². The summed E-state index contributed by atoms with van der Waals surface area (Å²) < 4.78 is 2.55. The van der Waals surface area contributed by atoms with Crippen molar-refractivity contribution < 1.29 is 0 Å². The molecule has 0 aliphatic carbocycles. The van der Waals surface area contributed by atoms with Crippen molar-refractivity contribution in [3.8, 4) is 0 Å². The Hall–Kier alpha value is 0.660. The molecule has 3 heteroatoms. The molecule has 0 aromatic carbocycles. The van der Waals surface area contributed by atoms with Gasteiger partial charge >= 0.3 is 0 Å². The molecule has 31 heavy (non-hydrogen) atoms. The average molecular weight is 579 g/mol. The third kappa shape index (κ3) is 18.7. The molecule has 0 nitrogen and oxygen atoms in total. The van der Waals surface area contributed by atoms with Gasteiger partial charge in [-0.05, 0) is 56.3 Å². The third-order valence-corrected chi connectivity index (χ3v) is 8.99.